The minimum absolute atomic E-state index is 0.182. The average molecular weight is 183 g/mol. The van der Waals surface area contributed by atoms with Gasteiger partial charge in [0.05, 0.1) is 12.3 Å². The van der Waals surface area contributed by atoms with E-state index in [1.54, 1.807) is 4.68 Å². The molecule has 13 heavy (non-hydrogen) atoms. The Kier molecular flexibility index (Phi) is 3.92. The van der Waals surface area contributed by atoms with Gasteiger partial charge in [-0.3, -0.25) is 4.68 Å². The van der Waals surface area contributed by atoms with Gasteiger partial charge < -0.3 is 10.4 Å². The van der Waals surface area contributed by atoms with Crippen molar-refractivity contribution >= 4 is 0 Å². The molecule has 0 aliphatic carbocycles. The first-order valence-corrected chi connectivity index (χ1v) is 4.59. The Bertz CT molecular complexity index is 243. The number of aryl methyl sites for hydroxylation is 1. The maximum absolute atomic E-state index is 8.92. The summed E-state index contributed by atoms with van der Waals surface area (Å²) in [6.07, 6.45) is 2.85. The number of hydrogen-bond donors (Lipinski definition) is 2. The lowest BCUT2D eigenvalue weighted by molar-refractivity contribution is 0.238. The molecular weight excluding hydrogens is 166 g/mol. The highest BCUT2D eigenvalue weighted by Crippen LogP contribution is 1.96. The van der Waals surface area contributed by atoms with Crippen molar-refractivity contribution in [2.24, 2.45) is 7.05 Å². The van der Waals surface area contributed by atoms with Gasteiger partial charge in [-0.05, 0) is 12.5 Å². The molecule has 0 bridgehead atoms. The van der Waals surface area contributed by atoms with Crippen LogP contribution in [0.2, 0.25) is 0 Å². The molecule has 0 saturated heterocycles. The van der Waals surface area contributed by atoms with Gasteiger partial charge in [-0.2, -0.15) is 5.10 Å². The average Bonchev–Trinajstić information content (AvgIpc) is 2.53. The lowest BCUT2D eigenvalue weighted by Gasteiger charge is -2.12. The van der Waals surface area contributed by atoms with Crippen molar-refractivity contribution in [2.45, 2.75) is 25.9 Å². The SMILES string of the molecule is CCC(CO)NCc1ccn(C)n1. The van der Waals surface area contributed by atoms with E-state index in [9.17, 15) is 0 Å². The second-order valence-corrected chi connectivity index (χ2v) is 3.15. The Morgan fingerprint density at radius 3 is 2.92 bits per heavy atom. The summed E-state index contributed by atoms with van der Waals surface area (Å²) >= 11 is 0. The molecule has 0 radical (unpaired) electrons. The molecule has 1 unspecified atom stereocenters. The Hall–Kier alpha value is -0.870. The standard InChI is InChI=1S/C9H17N3O/c1-3-8(7-13)10-6-9-4-5-12(2)11-9/h4-5,8,10,13H,3,6-7H2,1-2H3. The van der Waals surface area contributed by atoms with E-state index < -0.39 is 0 Å². The van der Waals surface area contributed by atoms with Crippen LogP contribution in [0, 0.1) is 0 Å². The van der Waals surface area contributed by atoms with E-state index in [4.69, 9.17) is 5.11 Å². The molecule has 1 aromatic heterocycles. The molecule has 4 heteroatoms. The maximum atomic E-state index is 8.92. The molecule has 0 fully saturated rings. The van der Waals surface area contributed by atoms with Crippen LogP contribution >= 0.6 is 0 Å². The van der Waals surface area contributed by atoms with Crippen molar-refractivity contribution in [3.8, 4) is 0 Å². The summed E-state index contributed by atoms with van der Waals surface area (Å²) in [4.78, 5) is 0. The normalized spacial score (nSPS) is 13.2. The number of nitrogens with one attached hydrogen (secondary N) is 1. The molecule has 1 heterocycles. The topological polar surface area (TPSA) is 50.1 Å². The van der Waals surface area contributed by atoms with Crippen LogP contribution in [0.1, 0.15) is 19.0 Å². The fraction of sp³-hybridized carbons (Fsp3) is 0.667. The van der Waals surface area contributed by atoms with Crippen molar-refractivity contribution < 1.29 is 5.11 Å². The lowest BCUT2D eigenvalue weighted by atomic mass is 10.2. The zero-order chi connectivity index (χ0) is 9.68. The third kappa shape index (κ3) is 3.16. The largest absolute Gasteiger partial charge is 0.395 e. The van der Waals surface area contributed by atoms with Gasteiger partial charge >= 0.3 is 0 Å². The third-order valence-electron chi connectivity index (χ3n) is 2.05. The van der Waals surface area contributed by atoms with Gasteiger partial charge in [0.2, 0.25) is 0 Å². The molecule has 1 aromatic rings. The third-order valence-corrected chi connectivity index (χ3v) is 2.05. The van der Waals surface area contributed by atoms with Crippen molar-refractivity contribution in [1.29, 1.82) is 0 Å². The monoisotopic (exact) mass is 183 g/mol. The summed E-state index contributed by atoms with van der Waals surface area (Å²) in [5.41, 5.74) is 1.01. The summed E-state index contributed by atoms with van der Waals surface area (Å²) < 4.78 is 1.77. The van der Waals surface area contributed by atoms with Gasteiger partial charge in [-0.15, -0.1) is 0 Å². The summed E-state index contributed by atoms with van der Waals surface area (Å²) in [5.74, 6) is 0. The fourth-order valence-corrected chi connectivity index (χ4v) is 1.14. The minimum Gasteiger partial charge on any atom is -0.395 e. The number of rotatable bonds is 5. The van der Waals surface area contributed by atoms with E-state index in [0.29, 0.717) is 0 Å². The quantitative estimate of drug-likeness (QED) is 0.689. The van der Waals surface area contributed by atoms with Crippen LogP contribution in [0.4, 0.5) is 0 Å². The Labute approximate surface area is 78.6 Å². The van der Waals surface area contributed by atoms with Gasteiger partial charge in [0.25, 0.3) is 0 Å². The predicted molar refractivity (Wildman–Crippen MR) is 51.2 cm³/mol. The highest BCUT2D eigenvalue weighted by molar-refractivity contribution is 4.98. The van der Waals surface area contributed by atoms with E-state index in [0.717, 1.165) is 18.7 Å². The van der Waals surface area contributed by atoms with Gasteiger partial charge in [-0.25, -0.2) is 0 Å². The first kappa shape index (κ1) is 10.2. The molecule has 0 spiro atoms. The fourth-order valence-electron chi connectivity index (χ4n) is 1.14. The first-order chi connectivity index (χ1) is 6.26. The smallest absolute Gasteiger partial charge is 0.0762 e. The summed E-state index contributed by atoms with van der Waals surface area (Å²) in [5, 5.41) is 16.4. The number of aliphatic hydroxyl groups is 1. The predicted octanol–water partition coefficient (Wildman–Crippen LogP) is 0.281. The van der Waals surface area contributed by atoms with E-state index in [1.807, 2.05) is 26.2 Å². The van der Waals surface area contributed by atoms with Crippen LogP contribution in [-0.4, -0.2) is 27.5 Å². The number of aliphatic hydroxyl groups excluding tert-OH is 1. The number of nitrogens with zero attached hydrogens (tertiary/aromatic N) is 2. The first-order valence-electron chi connectivity index (χ1n) is 4.59. The second kappa shape index (κ2) is 4.99. The van der Waals surface area contributed by atoms with E-state index in [1.165, 1.54) is 0 Å². The van der Waals surface area contributed by atoms with E-state index in [-0.39, 0.29) is 12.6 Å². The van der Waals surface area contributed by atoms with Crippen LogP contribution in [0.3, 0.4) is 0 Å². The molecule has 0 saturated carbocycles. The molecule has 0 aromatic carbocycles. The highest BCUT2D eigenvalue weighted by atomic mass is 16.3. The summed E-state index contributed by atoms with van der Waals surface area (Å²) in [6, 6.07) is 2.15. The lowest BCUT2D eigenvalue weighted by Crippen LogP contribution is -2.31. The van der Waals surface area contributed by atoms with Crippen molar-refractivity contribution in [3.05, 3.63) is 18.0 Å². The molecule has 2 N–H and O–H groups in total. The van der Waals surface area contributed by atoms with Crippen molar-refractivity contribution in [2.75, 3.05) is 6.61 Å². The van der Waals surface area contributed by atoms with E-state index in [2.05, 4.69) is 10.4 Å². The maximum Gasteiger partial charge on any atom is 0.0762 e. The van der Waals surface area contributed by atoms with Gasteiger partial charge in [0.1, 0.15) is 0 Å². The second-order valence-electron chi connectivity index (χ2n) is 3.15. The van der Waals surface area contributed by atoms with Crippen LogP contribution < -0.4 is 5.32 Å². The zero-order valence-corrected chi connectivity index (χ0v) is 8.20. The van der Waals surface area contributed by atoms with Crippen molar-refractivity contribution in [1.82, 2.24) is 15.1 Å². The van der Waals surface area contributed by atoms with Crippen LogP contribution in [0.5, 0.6) is 0 Å². The molecule has 0 amide bonds. The zero-order valence-electron chi connectivity index (χ0n) is 8.20. The molecule has 0 aliphatic rings. The highest BCUT2D eigenvalue weighted by Gasteiger charge is 2.03. The van der Waals surface area contributed by atoms with Gasteiger partial charge in [0.15, 0.2) is 0 Å². The number of hydrogen-bond acceptors (Lipinski definition) is 3. The molecular formula is C9H17N3O. The minimum atomic E-state index is 0.182. The van der Waals surface area contributed by atoms with Crippen LogP contribution in [0.25, 0.3) is 0 Å². The molecule has 1 rings (SSSR count). The van der Waals surface area contributed by atoms with Gasteiger partial charge in [0, 0.05) is 25.8 Å². The summed E-state index contributed by atoms with van der Waals surface area (Å²) in [7, 11) is 1.90. The summed E-state index contributed by atoms with van der Waals surface area (Å²) in [6.45, 7) is 2.95. The number of aromatic nitrogens is 2. The van der Waals surface area contributed by atoms with Crippen LogP contribution in [0.15, 0.2) is 12.3 Å². The molecule has 74 valence electrons. The molecule has 0 aliphatic heterocycles. The van der Waals surface area contributed by atoms with Crippen molar-refractivity contribution in [3.63, 3.8) is 0 Å². The Balaban J connectivity index is 2.33. The molecule has 4 nitrogen and oxygen atoms in total. The van der Waals surface area contributed by atoms with Crippen LogP contribution in [-0.2, 0) is 13.6 Å². The molecule has 1 atom stereocenters. The Morgan fingerprint density at radius 2 is 2.46 bits per heavy atom. The van der Waals surface area contributed by atoms with Gasteiger partial charge in [-0.1, -0.05) is 6.92 Å². The Morgan fingerprint density at radius 1 is 1.69 bits per heavy atom. The van der Waals surface area contributed by atoms with E-state index >= 15 is 0 Å².